The quantitative estimate of drug-likeness (QED) is 0.297. The van der Waals surface area contributed by atoms with E-state index >= 15 is 0 Å². The number of hydrogen-bond acceptors (Lipinski definition) is 11. The van der Waals surface area contributed by atoms with E-state index in [0.29, 0.717) is 5.56 Å². The van der Waals surface area contributed by atoms with Crippen LogP contribution in [0.2, 0.25) is 0 Å². The van der Waals surface area contributed by atoms with E-state index in [1.54, 1.807) is 6.92 Å². The first-order valence-electron chi connectivity index (χ1n) is 10.2. The molecule has 2 unspecified atom stereocenters. The second-order valence-electron chi connectivity index (χ2n) is 8.55. The molecule has 0 radical (unpaired) electrons. The predicted molar refractivity (Wildman–Crippen MR) is 117 cm³/mol. The first kappa shape index (κ1) is 28.5. The van der Waals surface area contributed by atoms with Gasteiger partial charge in [-0.05, 0) is 36.5 Å². The molecule has 0 aromatic heterocycles. The summed E-state index contributed by atoms with van der Waals surface area (Å²) in [6, 6.07) is 2.57. The average molecular weight is 485 g/mol. The molecule has 0 spiro atoms. The van der Waals surface area contributed by atoms with Crippen molar-refractivity contribution in [2.75, 3.05) is 20.8 Å². The van der Waals surface area contributed by atoms with Crippen molar-refractivity contribution < 1.29 is 52.7 Å². The normalized spacial score (nSPS) is 13.6. The monoisotopic (exact) mass is 485 g/mol. The van der Waals surface area contributed by atoms with E-state index < -0.39 is 42.5 Å². The highest BCUT2D eigenvalue weighted by atomic mass is 16.7. The molecule has 3 atom stereocenters. The van der Waals surface area contributed by atoms with Gasteiger partial charge in [0.15, 0.2) is 11.5 Å². The number of ether oxygens (including phenoxy) is 6. The van der Waals surface area contributed by atoms with Crippen LogP contribution < -0.4 is 15.2 Å². The summed E-state index contributed by atoms with van der Waals surface area (Å²) in [5, 5.41) is 9.49. The van der Waals surface area contributed by atoms with Gasteiger partial charge in [0.2, 0.25) is 0 Å². The lowest BCUT2D eigenvalue weighted by Gasteiger charge is -2.25. The van der Waals surface area contributed by atoms with Crippen molar-refractivity contribution in [1.29, 1.82) is 0 Å². The van der Waals surface area contributed by atoms with Gasteiger partial charge in [-0.3, -0.25) is 4.79 Å². The maximum absolute atomic E-state index is 12.0. The minimum absolute atomic E-state index is 0.00699. The van der Waals surface area contributed by atoms with Gasteiger partial charge in [-0.1, -0.05) is 26.8 Å². The van der Waals surface area contributed by atoms with Crippen LogP contribution in [0, 0.1) is 5.41 Å². The molecule has 1 aromatic rings. The van der Waals surface area contributed by atoms with Crippen LogP contribution in [0.1, 0.15) is 45.6 Å². The number of rotatable bonds is 9. The Bertz CT molecular complexity index is 878. The Morgan fingerprint density at radius 1 is 0.971 bits per heavy atom. The molecule has 0 heterocycles. The smallest absolute Gasteiger partial charge is 0.480 e. The predicted octanol–water partition coefficient (Wildman–Crippen LogP) is 3.45. The van der Waals surface area contributed by atoms with Gasteiger partial charge < -0.3 is 39.3 Å². The van der Waals surface area contributed by atoms with E-state index in [1.165, 1.54) is 18.2 Å². The molecule has 34 heavy (non-hydrogen) atoms. The second kappa shape index (κ2) is 12.6. The molecule has 0 aliphatic rings. The van der Waals surface area contributed by atoms with Gasteiger partial charge in [0.25, 0.3) is 0 Å². The zero-order chi connectivity index (χ0) is 26.1. The molecular weight excluding hydrogens is 454 g/mol. The van der Waals surface area contributed by atoms with Gasteiger partial charge >= 0.3 is 24.4 Å². The topological polar surface area (TPSA) is 170 Å². The summed E-state index contributed by atoms with van der Waals surface area (Å²) in [6.45, 7) is 7.33. The minimum Gasteiger partial charge on any atom is -0.480 e. The number of aliphatic carboxylic acids is 1. The molecule has 1 aromatic carbocycles. The molecule has 0 aliphatic carbocycles. The van der Waals surface area contributed by atoms with E-state index in [1.807, 2.05) is 20.8 Å². The van der Waals surface area contributed by atoms with E-state index in [0.717, 1.165) is 14.2 Å². The molecule has 0 amide bonds. The molecule has 12 nitrogen and oxygen atoms in total. The maximum Gasteiger partial charge on any atom is 0.513 e. The van der Waals surface area contributed by atoms with Crippen LogP contribution in [-0.4, -0.2) is 62.5 Å². The molecule has 190 valence electrons. The highest BCUT2D eigenvalue weighted by Crippen LogP contribution is 2.35. The average Bonchev–Trinajstić information content (AvgIpc) is 2.75. The van der Waals surface area contributed by atoms with Crippen molar-refractivity contribution in [2.24, 2.45) is 11.1 Å². The van der Waals surface area contributed by atoms with Crippen molar-refractivity contribution in [3.63, 3.8) is 0 Å². The summed E-state index contributed by atoms with van der Waals surface area (Å²) >= 11 is 0. The maximum atomic E-state index is 12.0. The van der Waals surface area contributed by atoms with Gasteiger partial charge in [-0.25, -0.2) is 14.4 Å². The third-order valence-corrected chi connectivity index (χ3v) is 4.34. The van der Waals surface area contributed by atoms with Crippen molar-refractivity contribution in [3.05, 3.63) is 23.8 Å². The van der Waals surface area contributed by atoms with E-state index in [-0.39, 0.29) is 29.9 Å². The lowest BCUT2D eigenvalue weighted by Crippen LogP contribution is -2.38. The summed E-state index contributed by atoms with van der Waals surface area (Å²) in [7, 11) is 2.17. The lowest BCUT2D eigenvalue weighted by atomic mass is 9.87. The number of nitrogens with two attached hydrogens (primary N) is 1. The fourth-order valence-corrected chi connectivity index (χ4v) is 2.72. The van der Waals surface area contributed by atoms with Gasteiger partial charge in [-0.15, -0.1) is 0 Å². The molecular formula is C22H31NO11. The van der Waals surface area contributed by atoms with Crippen molar-refractivity contribution in [1.82, 2.24) is 0 Å². The van der Waals surface area contributed by atoms with Gasteiger partial charge in [0, 0.05) is 5.92 Å². The van der Waals surface area contributed by atoms with E-state index in [4.69, 9.17) is 24.7 Å². The Balaban J connectivity index is 3.19. The SMILES string of the molecule is COC(=O)Oc1ccc(C(CC(C)OC(=O)OCC(C)(C)C)[C@H](N)C(=O)O)cc1OC(=O)OC. The Labute approximate surface area is 197 Å². The Hall–Kier alpha value is -3.54. The Kier molecular flexibility index (Phi) is 10.6. The number of hydrogen-bond donors (Lipinski definition) is 2. The molecule has 0 bridgehead atoms. The van der Waals surface area contributed by atoms with Crippen LogP contribution in [0.15, 0.2) is 18.2 Å². The molecule has 3 N–H and O–H groups in total. The van der Waals surface area contributed by atoms with Crippen molar-refractivity contribution >= 4 is 24.4 Å². The second-order valence-corrected chi connectivity index (χ2v) is 8.55. The first-order chi connectivity index (χ1) is 15.8. The number of carboxylic acids is 1. The summed E-state index contributed by atoms with van der Waals surface area (Å²) in [5.74, 6) is -2.62. The lowest BCUT2D eigenvalue weighted by molar-refractivity contribution is -0.139. The van der Waals surface area contributed by atoms with Gasteiger partial charge in [-0.2, -0.15) is 0 Å². The minimum atomic E-state index is -1.41. The number of carbonyl (C=O) groups excluding carboxylic acids is 3. The van der Waals surface area contributed by atoms with Crippen LogP contribution in [0.25, 0.3) is 0 Å². The van der Waals surface area contributed by atoms with E-state index in [9.17, 15) is 24.3 Å². The Morgan fingerprint density at radius 3 is 2.03 bits per heavy atom. The zero-order valence-corrected chi connectivity index (χ0v) is 20.0. The standard InChI is InChI=1S/C22H31NO11/c1-12(32-21(28)31-11-22(2,3)4)9-14(17(23)18(24)25)13-7-8-15(33-19(26)29-5)16(10-13)34-20(27)30-6/h7-8,10,12,14,17H,9,11,23H2,1-6H3,(H,24,25)/t12?,14?,17-/m0/s1. The number of methoxy groups -OCH3 is 2. The van der Waals surface area contributed by atoms with Crippen LogP contribution in [0.5, 0.6) is 11.5 Å². The molecule has 0 fully saturated rings. The summed E-state index contributed by atoms with van der Waals surface area (Å²) in [6.07, 6.45) is -3.87. The van der Waals surface area contributed by atoms with E-state index in [2.05, 4.69) is 9.47 Å². The Morgan fingerprint density at radius 2 is 1.53 bits per heavy atom. The zero-order valence-electron chi connectivity index (χ0n) is 20.0. The molecule has 0 saturated heterocycles. The highest BCUT2D eigenvalue weighted by molar-refractivity contribution is 5.75. The fraction of sp³-hybridized carbons (Fsp3) is 0.545. The molecule has 0 aliphatic heterocycles. The van der Waals surface area contributed by atoms with Gasteiger partial charge in [0.05, 0.1) is 20.8 Å². The fourth-order valence-electron chi connectivity index (χ4n) is 2.72. The summed E-state index contributed by atoms with van der Waals surface area (Å²) in [4.78, 5) is 46.8. The number of benzene rings is 1. The number of carbonyl (C=O) groups is 4. The molecule has 12 heteroatoms. The largest absolute Gasteiger partial charge is 0.513 e. The summed E-state index contributed by atoms with van der Waals surface area (Å²) < 4.78 is 29.1. The first-order valence-corrected chi connectivity index (χ1v) is 10.2. The molecule has 0 saturated carbocycles. The highest BCUT2D eigenvalue weighted by Gasteiger charge is 2.30. The summed E-state index contributed by atoms with van der Waals surface area (Å²) in [5.41, 5.74) is 5.94. The van der Waals surface area contributed by atoms with Crippen molar-refractivity contribution in [2.45, 2.75) is 52.2 Å². The van der Waals surface area contributed by atoms with Crippen LogP contribution >= 0.6 is 0 Å². The van der Waals surface area contributed by atoms with Crippen LogP contribution in [-0.2, 0) is 23.7 Å². The van der Waals surface area contributed by atoms with Gasteiger partial charge in [0.1, 0.15) is 12.1 Å². The third kappa shape index (κ3) is 9.53. The number of carboxylic acid groups (broad SMARTS) is 1. The van der Waals surface area contributed by atoms with Crippen molar-refractivity contribution in [3.8, 4) is 11.5 Å². The van der Waals surface area contributed by atoms with Crippen LogP contribution in [0.3, 0.4) is 0 Å². The molecule has 1 rings (SSSR count). The third-order valence-electron chi connectivity index (χ3n) is 4.34. The van der Waals surface area contributed by atoms with Crippen LogP contribution in [0.4, 0.5) is 14.4 Å².